The first-order valence-corrected chi connectivity index (χ1v) is 0. The van der Waals surface area contributed by atoms with Crippen LogP contribution in [0.3, 0.4) is 0 Å². The molecule has 19 valence electrons. The van der Waals surface area contributed by atoms with Gasteiger partial charge in [-0.05, 0) is 0 Å². The molecule has 0 heterocycles. The quantitative estimate of drug-likeness (QED) is 0.525. The second-order valence-electron chi connectivity index (χ2n) is 0. The summed E-state index contributed by atoms with van der Waals surface area (Å²) < 4.78 is 0. The fourth-order valence-corrected chi connectivity index (χ4v) is 0. The second kappa shape index (κ2) is 17.1. The Balaban J connectivity index is 0. The van der Waals surface area contributed by atoms with Crippen LogP contribution < -0.4 is 0 Å². The van der Waals surface area contributed by atoms with Gasteiger partial charge in [-0.2, -0.15) is 0 Å². The van der Waals surface area contributed by atoms with Gasteiger partial charge in [-0.3, -0.25) is 0 Å². The van der Waals surface area contributed by atoms with Gasteiger partial charge in [0.2, 0.25) is 0 Å². The molecule has 0 bridgehead atoms. The summed E-state index contributed by atoms with van der Waals surface area (Å²) >= 11 is 0. The minimum Gasteiger partial charge on any atom is 0 e. The van der Waals surface area contributed by atoms with Crippen molar-refractivity contribution in [3.05, 3.63) is 0 Å². The van der Waals surface area contributed by atoms with Gasteiger partial charge in [0.05, 0.1) is 0 Å². The van der Waals surface area contributed by atoms with Gasteiger partial charge in [-0.15, -0.1) is 0 Å². The maximum absolute atomic E-state index is 0. The van der Waals surface area contributed by atoms with Gasteiger partial charge in [-0.1, -0.05) is 0 Å². The van der Waals surface area contributed by atoms with Crippen molar-refractivity contribution in [2.75, 3.05) is 0 Å². The molecular formula is NbTaTiV. The van der Waals surface area contributed by atoms with E-state index in [4.69, 9.17) is 0 Å². The SMILES string of the molecule is [Nb].[Ta].[Ti].[V]. The summed E-state index contributed by atoms with van der Waals surface area (Å²) in [5.74, 6) is 0. The minimum atomic E-state index is 0. The molecular weight excluding hydrogens is 373 g/mol. The van der Waals surface area contributed by atoms with E-state index in [-0.39, 0.29) is 85.0 Å². The third-order valence-electron chi connectivity index (χ3n) is 0. The van der Waals surface area contributed by atoms with E-state index in [9.17, 15) is 0 Å². The molecule has 0 aliphatic carbocycles. The molecule has 0 aromatic rings. The monoisotopic (exact) mass is 373 g/mol. The summed E-state index contributed by atoms with van der Waals surface area (Å²) in [7, 11) is 0. The first-order chi connectivity index (χ1) is 0. The molecule has 0 nitrogen and oxygen atoms in total. The van der Waals surface area contributed by atoms with Crippen molar-refractivity contribution in [1.82, 2.24) is 0 Å². The molecule has 0 aromatic heterocycles. The van der Waals surface area contributed by atoms with Crippen LogP contribution in [0.5, 0.6) is 0 Å². The van der Waals surface area contributed by atoms with Crippen LogP contribution in [0, 0.1) is 0 Å². The van der Waals surface area contributed by atoms with E-state index in [0.29, 0.717) is 0 Å². The van der Waals surface area contributed by atoms with Crippen molar-refractivity contribution < 1.29 is 85.0 Å². The van der Waals surface area contributed by atoms with E-state index >= 15 is 0 Å². The number of hydrogen-bond acceptors (Lipinski definition) is 0. The standard InChI is InChI=1S/Nb.Ta.Ti.V. The van der Waals surface area contributed by atoms with Crippen molar-refractivity contribution in [2.45, 2.75) is 0 Å². The number of rotatable bonds is 0. The molecule has 0 aliphatic heterocycles. The zero-order valence-corrected chi connectivity index (χ0v) is 10.2. The Morgan fingerprint density at radius 1 is 1.00 bits per heavy atom. The summed E-state index contributed by atoms with van der Waals surface area (Å²) in [6.07, 6.45) is 0. The van der Waals surface area contributed by atoms with E-state index in [1.165, 1.54) is 0 Å². The molecule has 0 unspecified atom stereocenters. The summed E-state index contributed by atoms with van der Waals surface area (Å²) in [5, 5.41) is 0. The second-order valence-corrected chi connectivity index (χ2v) is 0. The van der Waals surface area contributed by atoms with Crippen LogP contribution in [0.1, 0.15) is 0 Å². The van der Waals surface area contributed by atoms with Crippen LogP contribution in [0.15, 0.2) is 0 Å². The topological polar surface area (TPSA) is 0 Å². The Kier molecular flexibility index (Phi) is 125. The smallest absolute Gasteiger partial charge is 0 e. The van der Waals surface area contributed by atoms with Crippen LogP contribution in [0.25, 0.3) is 0 Å². The molecule has 0 aliphatic rings. The Labute approximate surface area is 83.6 Å². The zero-order valence-electron chi connectivity index (χ0n) is 1.84. The molecule has 4 heavy (non-hydrogen) atoms. The van der Waals surface area contributed by atoms with E-state index in [1.54, 1.807) is 0 Å². The largest absolute Gasteiger partial charge is 0 e. The Morgan fingerprint density at radius 3 is 1.00 bits per heavy atom. The molecule has 4 heteroatoms. The Hall–Kier alpha value is 2.78. The fraction of sp³-hybridized carbons (Fsp3) is 0. The fourth-order valence-electron chi connectivity index (χ4n) is 0. The first kappa shape index (κ1) is 29.3. The molecule has 0 saturated carbocycles. The molecule has 0 spiro atoms. The van der Waals surface area contributed by atoms with Crippen molar-refractivity contribution in [2.24, 2.45) is 0 Å². The van der Waals surface area contributed by atoms with E-state index in [1.807, 2.05) is 0 Å². The van der Waals surface area contributed by atoms with Gasteiger partial charge in [0.1, 0.15) is 0 Å². The predicted molar refractivity (Wildman–Crippen MR) is 0 cm³/mol. The molecule has 0 N–H and O–H groups in total. The summed E-state index contributed by atoms with van der Waals surface area (Å²) in [5.41, 5.74) is 0. The van der Waals surface area contributed by atoms with Crippen molar-refractivity contribution >= 4 is 0 Å². The maximum Gasteiger partial charge on any atom is 0 e. The van der Waals surface area contributed by atoms with Crippen LogP contribution in [-0.4, -0.2) is 0 Å². The van der Waals surface area contributed by atoms with Gasteiger partial charge in [0.15, 0.2) is 0 Å². The summed E-state index contributed by atoms with van der Waals surface area (Å²) in [6.45, 7) is 0. The average molecular weight is 373 g/mol. The van der Waals surface area contributed by atoms with Gasteiger partial charge in [-0.25, -0.2) is 0 Å². The minimum absolute atomic E-state index is 0. The molecule has 0 rings (SSSR count). The van der Waals surface area contributed by atoms with Crippen LogP contribution in [0.4, 0.5) is 0 Å². The van der Waals surface area contributed by atoms with Gasteiger partial charge in [0, 0.05) is 85.0 Å². The van der Waals surface area contributed by atoms with E-state index in [0.717, 1.165) is 0 Å². The van der Waals surface area contributed by atoms with Crippen molar-refractivity contribution in [1.29, 1.82) is 0 Å². The van der Waals surface area contributed by atoms with Crippen LogP contribution in [0.2, 0.25) is 0 Å². The zero-order chi connectivity index (χ0) is 0. The maximum atomic E-state index is 0. The average Bonchev–Trinajstić information content (AvgIpc) is 0. The molecule has 0 fully saturated rings. The van der Waals surface area contributed by atoms with Crippen LogP contribution in [-0.2, 0) is 85.0 Å². The molecule has 0 atom stereocenters. The summed E-state index contributed by atoms with van der Waals surface area (Å²) in [4.78, 5) is 0. The molecule has 3 radical (unpaired) electrons. The third-order valence-corrected chi connectivity index (χ3v) is 0. The first-order valence-electron chi connectivity index (χ1n) is 0. The van der Waals surface area contributed by atoms with E-state index in [2.05, 4.69) is 0 Å². The third kappa shape index (κ3) is 8.84. The van der Waals surface area contributed by atoms with Crippen molar-refractivity contribution in [3.63, 3.8) is 0 Å². The van der Waals surface area contributed by atoms with Gasteiger partial charge < -0.3 is 0 Å². The van der Waals surface area contributed by atoms with Crippen molar-refractivity contribution in [3.8, 4) is 0 Å². The Bertz CT molecular complexity index is 8.00. The predicted octanol–water partition coefficient (Wildman–Crippen LogP) is -0.0100. The molecule has 0 aromatic carbocycles. The van der Waals surface area contributed by atoms with E-state index < -0.39 is 0 Å². The van der Waals surface area contributed by atoms with Gasteiger partial charge in [0.25, 0.3) is 0 Å². The summed E-state index contributed by atoms with van der Waals surface area (Å²) in [6, 6.07) is 0. The molecule has 0 saturated heterocycles. The normalized spacial score (nSPS) is 0. The Morgan fingerprint density at radius 2 is 1.00 bits per heavy atom. The van der Waals surface area contributed by atoms with Gasteiger partial charge >= 0.3 is 0 Å². The van der Waals surface area contributed by atoms with Crippen LogP contribution >= 0.6 is 0 Å². The molecule has 0 amide bonds. The number of hydrogen-bond donors (Lipinski definition) is 0.